The molecule has 0 aliphatic rings. The van der Waals surface area contributed by atoms with Crippen LogP contribution in [-0.4, -0.2) is 30.1 Å². The molecule has 3 heteroatoms. The fourth-order valence-electron chi connectivity index (χ4n) is 4.62. The second kappa shape index (κ2) is 8.79. The Morgan fingerprint density at radius 2 is 1.39 bits per heavy atom. The van der Waals surface area contributed by atoms with Gasteiger partial charge in [-0.2, -0.15) is 5.26 Å². The van der Waals surface area contributed by atoms with Gasteiger partial charge in [-0.15, -0.1) is 0 Å². The Bertz CT molecular complexity index is 1160. The average Bonchev–Trinajstić information content (AvgIpc) is 3.08. The molecule has 31 heavy (non-hydrogen) atoms. The first-order chi connectivity index (χ1) is 15.1. The first-order valence-corrected chi connectivity index (χ1v) is 10.8. The number of hydrogen-bond acceptors (Lipinski definition) is 2. The summed E-state index contributed by atoms with van der Waals surface area (Å²) >= 11 is 0. The van der Waals surface area contributed by atoms with Gasteiger partial charge in [-0.05, 0) is 36.9 Å². The molecule has 0 unspecified atom stereocenters. The second-order valence-corrected chi connectivity index (χ2v) is 8.48. The summed E-state index contributed by atoms with van der Waals surface area (Å²) in [5.41, 5.74) is 5.12. The standard InChI is InChI=1S/C28H29N3/c1-30(2)19-18-27-25(24-16-10-11-17-26(24)31(27)3)20-28(21-29,22-12-6-4-7-13-22)23-14-8-5-9-15-23/h4-17H,18-20H2,1-3H3. The molecule has 0 fully saturated rings. The van der Waals surface area contributed by atoms with Crippen LogP contribution in [0.4, 0.5) is 0 Å². The van der Waals surface area contributed by atoms with Gasteiger partial charge in [0.25, 0.3) is 0 Å². The van der Waals surface area contributed by atoms with E-state index in [0.29, 0.717) is 6.42 Å². The van der Waals surface area contributed by atoms with Crippen LogP contribution >= 0.6 is 0 Å². The third-order valence-corrected chi connectivity index (χ3v) is 6.31. The number of nitrogens with zero attached hydrogens (tertiary/aromatic N) is 3. The van der Waals surface area contributed by atoms with Crippen LogP contribution in [0.5, 0.6) is 0 Å². The summed E-state index contributed by atoms with van der Waals surface area (Å²) in [7, 11) is 6.36. The number of nitriles is 1. The largest absolute Gasteiger partial charge is 0.347 e. The molecule has 0 atom stereocenters. The van der Waals surface area contributed by atoms with Crippen LogP contribution < -0.4 is 0 Å². The molecule has 0 N–H and O–H groups in total. The summed E-state index contributed by atoms with van der Waals surface area (Å²) in [6, 6.07) is 31.8. The van der Waals surface area contributed by atoms with E-state index in [4.69, 9.17) is 0 Å². The Kier molecular flexibility index (Phi) is 5.93. The zero-order valence-corrected chi connectivity index (χ0v) is 18.5. The van der Waals surface area contributed by atoms with E-state index < -0.39 is 5.41 Å². The van der Waals surface area contributed by atoms with Crippen LogP contribution in [0.25, 0.3) is 10.9 Å². The van der Waals surface area contributed by atoms with Crippen molar-refractivity contribution in [2.45, 2.75) is 18.3 Å². The Hall–Kier alpha value is -3.35. The lowest BCUT2D eigenvalue weighted by atomic mass is 9.71. The fraction of sp³-hybridized carbons (Fsp3) is 0.250. The molecule has 0 bridgehead atoms. The highest BCUT2D eigenvalue weighted by Crippen LogP contribution is 2.39. The summed E-state index contributed by atoms with van der Waals surface area (Å²) in [5, 5.41) is 11.9. The van der Waals surface area contributed by atoms with Crippen molar-refractivity contribution in [3.05, 3.63) is 107 Å². The Morgan fingerprint density at radius 3 is 1.94 bits per heavy atom. The molecule has 1 heterocycles. The molecule has 0 saturated heterocycles. The van der Waals surface area contributed by atoms with Crippen LogP contribution in [0.15, 0.2) is 84.9 Å². The predicted octanol–water partition coefficient (Wildman–Crippen LogP) is 5.33. The van der Waals surface area contributed by atoms with Gasteiger partial charge >= 0.3 is 0 Å². The van der Waals surface area contributed by atoms with Gasteiger partial charge in [0.05, 0.1) is 6.07 Å². The summed E-state index contributed by atoms with van der Waals surface area (Å²) in [6.45, 7) is 0.966. The highest BCUT2D eigenvalue weighted by molar-refractivity contribution is 5.86. The first kappa shape index (κ1) is 20.9. The summed E-state index contributed by atoms with van der Waals surface area (Å²) in [4.78, 5) is 2.22. The van der Waals surface area contributed by atoms with Gasteiger partial charge in [0, 0.05) is 43.0 Å². The SMILES string of the molecule is CN(C)CCc1c(CC(C#N)(c2ccccc2)c2ccccc2)c2ccccc2n1C. The maximum Gasteiger partial charge on any atom is 0.111 e. The number of aryl methyl sites for hydroxylation is 1. The topological polar surface area (TPSA) is 32.0 Å². The Balaban J connectivity index is 1.94. The lowest BCUT2D eigenvalue weighted by molar-refractivity contribution is 0.409. The minimum absolute atomic E-state index is 0.641. The normalized spacial score (nSPS) is 11.7. The molecule has 0 amide bonds. The summed E-state index contributed by atoms with van der Waals surface area (Å²) < 4.78 is 2.31. The van der Waals surface area contributed by atoms with E-state index >= 15 is 0 Å². The van der Waals surface area contributed by atoms with E-state index in [1.54, 1.807) is 0 Å². The molecular weight excluding hydrogens is 378 g/mol. The van der Waals surface area contributed by atoms with E-state index in [2.05, 4.69) is 85.2 Å². The van der Waals surface area contributed by atoms with Gasteiger partial charge in [0.15, 0.2) is 0 Å². The molecule has 0 saturated carbocycles. The van der Waals surface area contributed by atoms with Gasteiger partial charge < -0.3 is 9.47 Å². The highest BCUT2D eigenvalue weighted by atomic mass is 15.1. The van der Waals surface area contributed by atoms with Gasteiger partial charge in [-0.25, -0.2) is 0 Å². The third-order valence-electron chi connectivity index (χ3n) is 6.31. The molecule has 0 aliphatic heterocycles. The molecule has 0 aliphatic carbocycles. The number of likely N-dealkylation sites (N-methyl/N-ethyl adjacent to an activating group) is 1. The fourth-order valence-corrected chi connectivity index (χ4v) is 4.62. The summed E-state index contributed by atoms with van der Waals surface area (Å²) in [6.07, 6.45) is 1.58. The number of hydrogen-bond donors (Lipinski definition) is 0. The van der Waals surface area contributed by atoms with E-state index in [9.17, 15) is 5.26 Å². The van der Waals surface area contributed by atoms with Gasteiger partial charge in [-0.1, -0.05) is 78.9 Å². The number of benzene rings is 3. The molecular formula is C28H29N3. The maximum absolute atomic E-state index is 10.7. The van der Waals surface area contributed by atoms with Crippen LogP contribution in [0, 0.1) is 11.3 Å². The van der Waals surface area contributed by atoms with Crippen molar-refractivity contribution in [1.29, 1.82) is 5.26 Å². The Labute approximate surface area is 185 Å². The van der Waals surface area contributed by atoms with Crippen molar-refractivity contribution in [1.82, 2.24) is 9.47 Å². The van der Waals surface area contributed by atoms with E-state index in [0.717, 1.165) is 24.1 Å². The van der Waals surface area contributed by atoms with Crippen molar-refractivity contribution >= 4 is 10.9 Å². The quantitative estimate of drug-likeness (QED) is 0.414. The zero-order valence-electron chi connectivity index (χ0n) is 18.5. The number of aromatic nitrogens is 1. The lowest BCUT2D eigenvalue weighted by Crippen LogP contribution is -2.29. The van der Waals surface area contributed by atoms with Crippen LogP contribution in [0.2, 0.25) is 0 Å². The van der Waals surface area contributed by atoms with E-state index in [1.165, 1.54) is 22.2 Å². The minimum Gasteiger partial charge on any atom is -0.347 e. The van der Waals surface area contributed by atoms with Gasteiger partial charge in [0.1, 0.15) is 5.41 Å². The van der Waals surface area contributed by atoms with Gasteiger partial charge in [-0.3, -0.25) is 0 Å². The first-order valence-electron chi connectivity index (χ1n) is 10.8. The molecule has 1 aromatic heterocycles. The molecule has 4 aromatic rings. The second-order valence-electron chi connectivity index (χ2n) is 8.48. The van der Waals surface area contributed by atoms with Gasteiger partial charge in [0.2, 0.25) is 0 Å². The number of para-hydroxylation sites is 1. The van der Waals surface area contributed by atoms with Crippen LogP contribution in [0.1, 0.15) is 22.4 Å². The molecule has 0 radical (unpaired) electrons. The van der Waals surface area contributed by atoms with Crippen molar-refractivity contribution in [2.24, 2.45) is 7.05 Å². The van der Waals surface area contributed by atoms with Crippen LogP contribution in [-0.2, 0) is 25.3 Å². The van der Waals surface area contributed by atoms with E-state index in [1.807, 2.05) is 36.4 Å². The summed E-state index contributed by atoms with van der Waals surface area (Å²) in [5.74, 6) is 0. The molecule has 0 spiro atoms. The average molecular weight is 408 g/mol. The van der Waals surface area contributed by atoms with Crippen LogP contribution in [0.3, 0.4) is 0 Å². The lowest BCUT2D eigenvalue weighted by Gasteiger charge is -2.29. The van der Waals surface area contributed by atoms with E-state index in [-0.39, 0.29) is 0 Å². The Morgan fingerprint density at radius 1 is 0.839 bits per heavy atom. The predicted molar refractivity (Wildman–Crippen MR) is 128 cm³/mol. The van der Waals surface area contributed by atoms with Crippen molar-refractivity contribution in [2.75, 3.05) is 20.6 Å². The smallest absolute Gasteiger partial charge is 0.111 e. The highest BCUT2D eigenvalue weighted by Gasteiger charge is 2.36. The zero-order chi connectivity index (χ0) is 21.8. The molecule has 4 rings (SSSR count). The molecule has 3 nitrogen and oxygen atoms in total. The number of rotatable bonds is 7. The third kappa shape index (κ3) is 3.87. The molecule has 3 aromatic carbocycles. The number of fused-ring (bicyclic) bond motifs is 1. The van der Waals surface area contributed by atoms with Crippen molar-refractivity contribution < 1.29 is 0 Å². The maximum atomic E-state index is 10.7. The van der Waals surface area contributed by atoms with Crippen molar-refractivity contribution in [3.63, 3.8) is 0 Å². The monoisotopic (exact) mass is 407 g/mol. The van der Waals surface area contributed by atoms with Crippen molar-refractivity contribution in [3.8, 4) is 6.07 Å². The minimum atomic E-state index is -0.750. The molecule has 156 valence electrons.